The number of ether oxygens (including phenoxy) is 1. The van der Waals surface area contributed by atoms with Crippen LogP contribution in [0.5, 0.6) is 0 Å². The van der Waals surface area contributed by atoms with Crippen molar-refractivity contribution < 1.29 is 28.2 Å². The van der Waals surface area contributed by atoms with Gasteiger partial charge in [-0.2, -0.15) is 5.26 Å². The zero-order chi connectivity index (χ0) is 33.4. The van der Waals surface area contributed by atoms with Crippen molar-refractivity contribution in [3.8, 4) is 17.3 Å². The number of hydrogen-bond donors (Lipinski definition) is 1. The Morgan fingerprint density at radius 3 is 2.49 bits per heavy atom. The molecular formula is C34H32F2N6O4S. The number of pyridine rings is 1. The Morgan fingerprint density at radius 2 is 1.85 bits per heavy atom. The first-order valence-electron chi connectivity index (χ1n) is 15.3. The maximum atomic E-state index is 16.1. The van der Waals surface area contributed by atoms with Crippen LogP contribution in [-0.4, -0.2) is 70.7 Å². The Morgan fingerprint density at radius 1 is 1.15 bits per heavy atom. The summed E-state index contributed by atoms with van der Waals surface area (Å²) in [5.74, 6) is -1.68. The lowest BCUT2D eigenvalue weighted by atomic mass is 9.72. The largest absolute Gasteiger partial charge is 0.456 e. The van der Waals surface area contributed by atoms with Crippen LogP contribution in [0.3, 0.4) is 0 Å². The summed E-state index contributed by atoms with van der Waals surface area (Å²) in [5.41, 5.74) is 2.23. The lowest BCUT2D eigenvalue weighted by molar-refractivity contribution is -0.162. The quantitative estimate of drug-likeness (QED) is 0.277. The van der Waals surface area contributed by atoms with Gasteiger partial charge in [0.05, 0.1) is 11.4 Å². The van der Waals surface area contributed by atoms with Crippen LogP contribution in [0, 0.1) is 28.4 Å². The molecular weight excluding hydrogens is 626 g/mol. The van der Waals surface area contributed by atoms with Gasteiger partial charge >= 0.3 is 5.97 Å². The second-order valence-corrected chi connectivity index (χ2v) is 14.2. The molecule has 0 saturated carbocycles. The molecule has 2 aromatic heterocycles. The van der Waals surface area contributed by atoms with Crippen LogP contribution in [0.15, 0.2) is 36.4 Å². The number of amides is 1. The van der Waals surface area contributed by atoms with Gasteiger partial charge < -0.3 is 24.5 Å². The number of fused-ring (bicyclic) bond motifs is 2. The second kappa shape index (κ2) is 11.0. The fourth-order valence-corrected chi connectivity index (χ4v) is 7.88. The number of esters is 1. The van der Waals surface area contributed by atoms with Gasteiger partial charge in [0, 0.05) is 67.8 Å². The van der Waals surface area contributed by atoms with E-state index in [1.54, 1.807) is 24.1 Å². The molecule has 1 spiro atoms. The number of halogens is 2. The average Bonchev–Trinajstić information content (AvgIpc) is 3.58. The van der Waals surface area contributed by atoms with E-state index in [2.05, 4.69) is 11.0 Å². The highest BCUT2D eigenvalue weighted by atomic mass is 32.1. The summed E-state index contributed by atoms with van der Waals surface area (Å²) < 4.78 is 35.3. The van der Waals surface area contributed by atoms with Crippen molar-refractivity contribution in [1.82, 2.24) is 14.9 Å². The van der Waals surface area contributed by atoms with Gasteiger partial charge in [-0.05, 0) is 63.1 Å². The summed E-state index contributed by atoms with van der Waals surface area (Å²) in [5, 5.41) is 21.1. The molecule has 1 atom stereocenters. The van der Waals surface area contributed by atoms with Gasteiger partial charge in [0.25, 0.3) is 5.91 Å². The van der Waals surface area contributed by atoms with E-state index in [0.29, 0.717) is 82.7 Å². The van der Waals surface area contributed by atoms with Gasteiger partial charge in [0.2, 0.25) is 0 Å². The molecule has 47 heavy (non-hydrogen) atoms. The lowest BCUT2D eigenvalue weighted by Gasteiger charge is -2.61. The van der Waals surface area contributed by atoms with Gasteiger partial charge in [-0.1, -0.05) is 11.3 Å². The number of hydrogen-bond acceptors (Lipinski definition) is 10. The Balaban J connectivity index is 1.28. The summed E-state index contributed by atoms with van der Waals surface area (Å²) in [7, 11) is 1.80. The zero-order valence-electron chi connectivity index (χ0n) is 26.3. The van der Waals surface area contributed by atoms with Crippen LogP contribution in [0.1, 0.15) is 49.4 Å². The molecule has 2 fully saturated rings. The molecule has 0 radical (unpaired) electrons. The van der Waals surface area contributed by atoms with Crippen molar-refractivity contribution in [1.29, 1.82) is 5.26 Å². The summed E-state index contributed by atoms with van der Waals surface area (Å²) in [6, 6.07) is 11.3. The second-order valence-electron chi connectivity index (χ2n) is 13.2. The number of anilines is 3. The molecule has 7 rings (SSSR count). The molecule has 2 saturated heterocycles. The highest BCUT2D eigenvalue weighted by molar-refractivity contribution is 7.16. The van der Waals surface area contributed by atoms with Crippen molar-refractivity contribution in [2.75, 3.05) is 43.0 Å². The van der Waals surface area contributed by atoms with Crippen LogP contribution in [0.25, 0.3) is 22.2 Å². The van der Waals surface area contributed by atoms with Gasteiger partial charge in [-0.3, -0.25) is 9.59 Å². The molecule has 13 heteroatoms. The number of aromatic nitrogens is 2. The third-order valence-electron chi connectivity index (χ3n) is 9.14. The van der Waals surface area contributed by atoms with Crippen molar-refractivity contribution >= 4 is 50.6 Å². The third kappa shape index (κ3) is 5.25. The molecule has 242 valence electrons. The highest BCUT2D eigenvalue weighted by Gasteiger charge is 2.54. The van der Waals surface area contributed by atoms with Gasteiger partial charge in [0.1, 0.15) is 39.7 Å². The first-order valence-corrected chi connectivity index (χ1v) is 16.1. The summed E-state index contributed by atoms with van der Waals surface area (Å²) in [6.07, 6.45) is 0.396. The molecule has 4 heterocycles. The van der Waals surface area contributed by atoms with E-state index in [9.17, 15) is 24.3 Å². The summed E-state index contributed by atoms with van der Waals surface area (Å²) >= 11 is 1.17. The van der Waals surface area contributed by atoms with E-state index in [1.807, 2.05) is 11.0 Å². The maximum absolute atomic E-state index is 16.1. The van der Waals surface area contributed by atoms with E-state index in [4.69, 9.17) is 14.7 Å². The Labute approximate surface area is 273 Å². The number of likely N-dealkylation sites (tertiary alicyclic amines) is 1. The van der Waals surface area contributed by atoms with Crippen LogP contribution in [0.4, 0.5) is 25.3 Å². The highest BCUT2D eigenvalue weighted by Crippen LogP contribution is 2.48. The molecule has 2 aromatic carbocycles. The molecule has 1 amide bonds. The predicted molar refractivity (Wildman–Crippen MR) is 172 cm³/mol. The van der Waals surface area contributed by atoms with Gasteiger partial charge in [-0.15, -0.1) is 0 Å². The first kappa shape index (κ1) is 31.0. The minimum atomic E-state index is -1.43. The number of carbonyl (C=O) groups excluding carboxylic acids is 2. The van der Waals surface area contributed by atoms with Crippen LogP contribution >= 0.6 is 11.3 Å². The molecule has 4 aromatic rings. The Bertz CT molecular complexity index is 1990. The topological polar surface area (TPSA) is 123 Å². The van der Waals surface area contributed by atoms with Crippen LogP contribution in [0.2, 0.25) is 0 Å². The van der Waals surface area contributed by atoms with Crippen molar-refractivity contribution in [3.63, 3.8) is 0 Å². The van der Waals surface area contributed by atoms with E-state index < -0.39 is 29.3 Å². The van der Waals surface area contributed by atoms with Gasteiger partial charge in [-0.25, -0.2) is 18.7 Å². The minimum Gasteiger partial charge on any atom is -0.456 e. The number of aliphatic hydroxyl groups is 1. The van der Waals surface area contributed by atoms with E-state index >= 15 is 4.39 Å². The first-order chi connectivity index (χ1) is 22.3. The third-order valence-corrected chi connectivity index (χ3v) is 10.2. The molecule has 0 bridgehead atoms. The zero-order valence-corrected chi connectivity index (χ0v) is 27.1. The molecule has 3 aliphatic rings. The SMILES string of the molecule is CC(=O)OC1CCc2c1nc1c(F)cc(N3CC4(CN(C(=O)C(C)(C)O)C4)C3)cc1c2N(C)c1nc(-c2ccc(F)cc2)c(C#N)s1. The summed E-state index contributed by atoms with van der Waals surface area (Å²) in [4.78, 5) is 39.8. The lowest BCUT2D eigenvalue weighted by Crippen LogP contribution is -2.74. The predicted octanol–water partition coefficient (Wildman–Crippen LogP) is 5.25. The fourth-order valence-electron chi connectivity index (χ4n) is 7.02. The van der Waals surface area contributed by atoms with Crippen molar-refractivity contribution in [2.45, 2.75) is 45.3 Å². The molecule has 1 N–H and O–H groups in total. The Hall–Kier alpha value is -4.67. The Kier molecular flexibility index (Phi) is 7.22. The smallest absolute Gasteiger partial charge is 0.303 e. The molecule has 10 nitrogen and oxygen atoms in total. The van der Waals surface area contributed by atoms with Crippen LogP contribution in [-0.2, 0) is 20.7 Å². The summed E-state index contributed by atoms with van der Waals surface area (Å²) in [6.45, 7) is 6.62. The minimum absolute atomic E-state index is 0.106. The molecule has 1 aliphatic carbocycles. The molecule has 2 aliphatic heterocycles. The van der Waals surface area contributed by atoms with Crippen molar-refractivity contribution in [2.24, 2.45) is 5.41 Å². The van der Waals surface area contributed by atoms with E-state index in [1.165, 1.54) is 50.3 Å². The van der Waals surface area contributed by atoms with Crippen molar-refractivity contribution in [3.05, 3.63) is 64.2 Å². The maximum Gasteiger partial charge on any atom is 0.303 e. The molecule has 1 unspecified atom stereocenters. The average molecular weight is 659 g/mol. The normalized spacial score (nSPS) is 18.0. The monoisotopic (exact) mass is 658 g/mol. The number of nitriles is 1. The number of nitrogens with zero attached hydrogens (tertiary/aromatic N) is 6. The fraction of sp³-hybridized carbons (Fsp3) is 0.382. The van der Waals surface area contributed by atoms with E-state index in [0.717, 1.165) is 5.56 Å². The standard InChI is InChI=1S/C34H32F2N6O4S/c1-18(43)46-25-10-9-22-29(25)38-28-23(30(22)40(4)32-39-27(26(13-37)47-32)19-5-7-20(35)8-6-19)11-21(12-24(28)36)41-14-34(15-41)16-42(17-34)31(44)33(2,3)45/h5-8,11-12,25,45H,9-10,14-17H2,1-4H3. The number of benzene rings is 2. The van der Waals surface area contributed by atoms with Gasteiger partial charge in [0.15, 0.2) is 10.9 Å². The number of rotatable bonds is 6. The van der Waals surface area contributed by atoms with E-state index in [-0.39, 0.29) is 16.8 Å². The van der Waals surface area contributed by atoms with Crippen LogP contribution < -0.4 is 9.80 Å². The number of carbonyl (C=O) groups is 2. The number of thiazole rings is 1.